The molecule has 0 aliphatic carbocycles. The van der Waals surface area contributed by atoms with Crippen molar-refractivity contribution in [3.05, 3.63) is 97.2 Å². The first-order valence-corrected chi connectivity index (χ1v) is 29.4. The minimum Gasteiger partial charge on any atom is -0.481 e. The Bertz CT molecular complexity index is 2440. The lowest BCUT2D eigenvalue weighted by molar-refractivity contribution is -0.309. The zero-order chi connectivity index (χ0) is 62.5. The Morgan fingerprint density at radius 3 is 1.80 bits per heavy atom. The fourth-order valence-electron chi connectivity index (χ4n) is 11.0. The first-order valence-electron chi connectivity index (χ1n) is 29.4. The summed E-state index contributed by atoms with van der Waals surface area (Å²) in [7, 11) is 0. The number of hydrogen-bond acceptors (Lipinski definition) is 21. The molecule has 12 N–H and O–H groups in total. The fourth-order valence-corrected chi connectivity index (χ4v) is 11.0. The molecule has 5 aliphatic heterocycles. The molecular weight excluding hydrogens is 1110 g/mol. The molecule has 3 fully saturated rings. The van der Waals surface area contributed by atoms with Gasteiger partial charge in [-0.05, 0) is 46.0 Å². The number of cyclic esters (lactones) is 1. The SMILES string of the molecule is C[C@@H]1[C@H](O)[C@@H](C)C=CC=CC=CC=CC=CC=CC=C[C@H](O[C@@H]2O[C@H](C)[C@@H](O)[C@H](NC3CC(=O)N(CCCCCCN4C(=O)C=CC4=O)C3=O)[C@@H]2O)C[C@@H]2O[C@](O)(C[C@@H](O)C[C@@H](O)[C@H](O)CC[C@@H](O)C[C@@H](O)CC(=O)O[C@H]1C)C[C@H](O)[C@H]2C(=O)O. The van der Waals surface area contributed by atoms with Gasteiger partial charge in [-0.1, -0.05) is 112 Å². The van der Waals surface area contributed by atoms with Crippen LogP contribution in [0.25, 0.3) is 0 Å². The number of nitrogens with zero attached hydrogens (tertiary/aromatic N) is 2. The van der Waals surface area contributed by atoms with E-state index in [1.807, 2.05) is 6.92 Å². The summed E-state index contributed by atoms with van der Waals surface area (Å²) in [6.07, 6.45) is 5.40. The molecule has 1 unspecified atom stereocenters. The maximum atomic E-state index is 13.6. The molecule has 0 spiro atoms. The van der Waals surface area contributed by atoms with Gasteiger partial charge in [0, 0.05) is 62.8 Å². The number of hydrogen-bond donors (Lipinski definition) is 12. The number of esters is 1. The third kappa shape index (κ3) is 21.7. The number of carbonyl (C=O) groups is 6. The van der Waals surface area contributed by atoms with Gasteiger partial charge in [0.2, 0.25) is 11.8 Å². The molecular formula is C61H89N3O21. The standard InChI is InChI=1S/C61H89N3O21/c1-36-21-17-13-11-9-7-5-6-8-10-12-14-18-22-43(84-60-57(77)54(56(76)39(4)83-60)62-44-33-51(73)64(58(44)78)28-20-16-15-19-27-63-49(71)25-26-50(63)72)32-48-53(59(79)80)47(70)35-61(81,85-48)34-42(67)30-46(69)45(68)24-23-40(65)29-41(66)31-52(74)82-38(3)37(2)55(36)75/h5-14,17-18,21-22,25-26,36-48,53-57,60,62,65-70,75-77,81H,15-16,19-20,23-24,27-35H2,1-4H3,(H,79,80)/t36-,37-,38-,39+,40+,41+,42-,43-,44?,45+,46+,47-,48-,53+,54-,55+,56+,57-,60-,61+/m0/s1. The van der Waals surface area contributed by atoms with Crippen molar-refractivity contribution in [1.82, 2.24) is 15.1 Å². The molecule has 2 bridgehead atoms. The van der Waals surface area contributed by atoms with Crippen LogP contribution in [0, 0.1) is 17.8 Å². The predicted molar refractivity (Wildman–Crippen MR) is 305 cm³/mol. The maximum absolute atomic E-state index is 13.6. The fraction of sp³-hybridized carbons (Fsp3) is 0.639. The highest BCUT2D eigenvalue weighted by molar-refractivity contribution is 6.12. The van der Waals surface area contributed by atoms with Crippen LogP contribution in [0.1, 0.15) is 111 Å². The Morgan fingerprint density at radius 2 is 1.20 bits per heavy atom. The normalized spacial score (nSPS) is 37.7. The number of carbonyl (C=O) groups excluding carboxylic acids is 5. The van der Waals surface area contributed by atoms with Crippen LogP contribution in [0.15, 0.2) is 97.2 Å². The van der Waals surface area contributed by atoms with Gasteiger partial charge in [-0.3, -0.25) is 43.9 Å². The van der Waals surface area contributed by atoms with Crippen LogP contribution in [-0.2, 0) is 47.7 Å². The van der Waals surface area contributed by atoms with E-state index in [9.17, 15) is 84.9 Å². The number of rotatable bonds is 12. The Morgan fingerprint density at radius 1 is 0.624 bits per heavy atom. The van der Waals surface area contributed by atoms with Crippen LogP contribution in [0.4, 0.5) is 0 Å². The first kappa shape index (κ1) is 70.3. The van der Waals surface area contributed by atoms with E-state index in [1.54, 1.807) is 86.8 Å². The number of ether oxygens (including phenoxy) is 4. The number of fused-ring (bicyclic) bond motifs is 2. The van der Waals surface area contributed by atoms with Crippen molar-refractivity contribution in [1.29, 1.82) is 0 Å². The Hall–Kier alpha value is -5.42. The number of nitrogens with one attached hydrogen (secondary N) is 1. The molecule has 0 saturated carbocycles. The van der Waals surface area contributed by atoms with E-state index in [0.29, 0.717) is 25.7 Å². The van der Waals surface area contributed by atoms with Gasteiger partial charge in [-0.25, -0.2) is 0 Å². The van der Waals surface area contributed by atoms with Crippen LogP contribution in [0.2, 0.25) is 0 Å². The highest BCUT2D eigenvalue weighted by Crippen LogP contribution is 2.38. The van der Waals surface area contributed by atoms with Crippen molar-refractivity contribution in [2.45, 2.75) is 215 Å². The molecule has 24 nitrogen and oxygen atoms in total. The summed E-state index contributed by atoms with van der Waals surface area (Å²) in [5, 5.41) is 125. The molecule has 0 aromatic heterocycles. The molecule has 5 heterocycles. The van der Waals surface area contributed by atoms with E-state index in [4.69, 9.17) is 18.9 Å². The van der Waals surface area contributed by atoms with Crippen molar-refractivity contribution in [3.8, 4) is 0 Å². The third-order valence-corrected chi connectivity index (χ3v) is 16.0. The second-order valence-corrected chi connectivity index (χ2v) is 22.9. The summed E-state index contributed by atoms with van der Waals surface area (Å²) in [5.41, 5.74) is 0. The van der Waals surface area contributed by atoms with Gasteiger partial charge < -0.3 is 75.1 Å². The van der Waals surface area contributed by atoms with Gasteiger partial charge >= 0.3 is 11.9 Å². The number of amides is 4. The van der Waals surface area contributed by atoms with E-state index in [2.05, 4.69) is 5.32 Å². The minimum absolute atomic E-state index is 0.0890. The average Bonchev–Trinajstić information content (AvgIpc) is 3.90. The van der Waals surface area contributed by atoms with E-state index in [-0.39, 0.29) is 56.5 Å². The molecule has 20 atom stereocenters. The largest absolute Gasteiger partial charge is 0.481 e. The number of unbranched alkanes of at least 4 members (excludes halogenated alkanes) is 3. The number of aliphatic hydroxyl groups is 10. The zero-order valence-corrected chi connectivity index (χ0v) is 48.7. The number of imide groups is 2. The Kier molecular flexibility index (Phi) is 28.3. The molecule has 0 aromatic carbocycles. The summed E-state index contributed by atoms with van der Waals surface area (Å²) < 4.78 is 23.8. The number of carboxylic acids is 1. The summed E-state index contributed by atoms with van der Waals surface area (Å²) in [4.78, 5) is 78.2. The molecule has 0 aromatic rings. The Labute approximate surface area is 495 Å². The number of carboxylic acid groups (broad SMARTS) is 1. The minimum atomic E-state index is -2.42. The molecule has 3 saturated heterocycles. The topological polar surface area (TPSA) is 380 Å². The van der Waals surface area contributed by atoms with Gasteiger partial charge in [0.25, 0.3) is 11.8 Å². The monoisotopic (exact) mass is 1200 g/mol. The van der Waals surface area contributed by atoms with Crippen molar-refractivity contribution in [2.24, 2.45) is 17.8 Å². The van der Waals surface area contributed by atoms with E-state index < -0.39 is 171 Å². The van der Waals surface area contributed by atoms with Crippen LogP contribution in [-0.4, -0.2) is 218 Å². The average molecular weight is 1200 g/mol. The second-order valence-electron chi connectivity index (χ2n) is 22.9. The van der Waals surface area contributed by atoms with Crippen LogP contribution < -0.4 is 5.32 Å². The van der Waals surface area contributed by atoms with Gasteiger partial charge in [-0.2, -0.15) is 0 Å². The number of likely N-dealkylation sites (tertiary alicyclic amines) is 1. The number of aliphatic hydroxyl groups excluding tert-OH is 9. The zero-order valence-electron chi connectivity index (χ0n) is 48.7. The summed E-state index contributed by atoms with van der Waals surface area (Å²) in [5.74, 6) is -8.99. The van der Waals surface area contributed by atoms with Crippen molar-refractivity contribution < 1.29 is 104 Å². The van der Waals surface area contributed by atoms with E-state index in [0.717, 1.165) is 9.80 Å². The first-order chi connectivity index (χ1) is 40.3. The Balaban J connectivity index is 1.32. The molecule has 0 radical (unpaired) electrons. The second kappa shape index (κ2) is 34.2. The lowest BCUT2D eigenvalue weighted by Crippen LogP contribution is -2.65. The van der Waals surface area contributed by atoms with Gasteiger partial charge in [0.05, 0.1) is 92.1 Å². The molecule has 474 valence electrons. The van der Waals surface area contributed by atoms with Crippen molar-refractivity contribution in [2.75, 3.05) is 13.1 Å². The van der Waals surface area contributed by atoms with Gasteiger partial charge in [-0.15, -0.1) is 0 Å². The van der Waals surface area contributed by atoms with Gasteiger partial charge in [0.1, 0.15) is 18.1 Å². The molecule has 4 amide bonds. The van der Waals surface area contributed by atoms with Gasteiger partial charge in [0.15, 0.2) is 12.1 Å². The molecule has 85 heavy (non-hydrogen) atoms. The summed E-state index contributed by atoms with van der Waals surface area (Å²) in [6.45, 7) is 6.99. The van der Waals surface area contributed by atoms with Crippen LogP contribution >= 0.6 is 0 Å². The highest BCUT2D eigenvalue weighted by atomic mass is 16.7. The van der Waals surface area contributed by atoms with Crippen LogP contribution in [0.3, 0.4) is 0 Å². The van der Waals surface area contributed by atoms with Crippen molar-refractivity contribution >= 4 is 35.6 Å². The third-order valence-electron chi connectivity index (χ3n) is 16.0. The quantitative estimate of drug-likeness (QED) is 0.0735. The van der Waals surface area contributed by atoms with E-state index >= 15 is 0 Å². The summed E-state index contributed by atoms with van der Waals surface area (Å²) >= 11 is 0. The predicted octanol–water partition coefficient (Wildman–Crippen LogP) is 0.956. The highest BCUT2D eigenvalue weighted by Gasteiger charge is 2.52. The molecule has 5 rings (SSSR count). The smallest absolute Gasteiger partial charge is 0.311 e. The lowest BCUT2D eigenvalue weighted by Gasteiger charge is -2.45. The number of aliphatic carboxylic acids is 1. The lowest BCUT2D eigenvalue weighted by atomic mass is 9.82. The number of allylic oxidation sites excluding steroid dienone is 12. The molecule has 24 heteroatoms. The maximum Gasteiger partial charge on any atom is 0.311 e. The van der Waals surface area contributed by atoms with E-state index in [1.165, 1.54) is 31.2 Å². The summed E-state index contributed by atoms with van der Waals surface area (Å²) in [6, 6.07) is -2.47. The molecule has 5 aliphatic rings. The van der Waals surface area contributed by atoms with Crippen molar-refractivity contribution in [3.63, 3.8) is 0 Å². The van der Waals surface area contributed by atoms with Crippen LogP contribution in [0.5, 0.6) is 0 Å².